The van der Waals surface area contributed by atoms with E-state index >= 15 is 0 Å². The zero-order valence-electron chi connectivity index (χ0n) is 13.7. The molecule has 1 atom stereocenters. The molecule has 2 nitrogen and oxygen atoms in total. The summed E-state index contributed by atoms with van der Waals surface area (Å²) in [6.45, 7) is 4.78. The molecule has 2 aliphatic rings. The first-order valence-electron chi connectivity index (χ1n) is 8.83. The third kappa shape index (κ3) is 3.42. The Hall–Kier alpha value is -1.02. The molecular formula is C19H30N2. The molecule has 1 aromatic carbocycles. The van der Waals surface area contributed by atoms with Gasteiger partial charge in [0.2, 0.25) is 0 Å². The number of hydrogen-bond acceptors (Lipinski definition) is 2. The van der Waals surface area contributed by atoms with Crippen molar-refractivity contribution in [3.63, 3.8) is 0 Å². The molecule has 1 aliphatic carbocycles. The van der Waals surface area contributed by atoms with Crippen LogP contribution in [0.5, 0.6) is 0 Å². The van der Waals surface area contributed by atoms with Crippen molar-refractivity contribution in [1.29, 1.82) is 0 Å². The van der Waals surface area contributed by atoms with Crippen LogP contribution in [-0.4, -0.2) is 20.1 Å². The van der Waals surface area contributed by atoms with Gasteiger partial charge in [0.15, 0.2) is 0 Å². The summed E-state index contributed by atoms with van der Waals surface area (Å²) in [5.41, 5.74) is 4.51. The molecule has 0 bridgehead atoms. The first-order chi connectivity index (χ1) is 10.3. The number of anilines is 1. The number of fused-ring (bicyclic) bond motifs is 1. The zero-order chi connectivity index (χ0) is 14.7. The fourth-order valence-electron chi connectivity index (χ4n) is 4.00. The maximum absolute atomic E-state index is 3.35. The number of benzene rings is 1. The Bertz CT molecular complexity index is 463. The summed E-state index contributed by atoms with van der Waals surface area (Å²) in [4.78, 5) is 2.67. The van der Waals surface area contributed by atoms with Gasteiger partial charge in [-0.2, -0.15) is 0 Å². The summed E-state index contributed by atoms with van der Waals surface area (Å²) in [6.07, 6.45) is 9.81. The summed E-state index contributed by atoms with van der Waals surface area (Å²) in [5, 5.41) is 3.35. The number of aryl methyl sites for hydroxylation is 1. The molecule has 0 amide bonds. The summed E-state index contributed by atoms with van der Waals surface area (Å²) in [5.74, 6) is 0.931. The Balaban J connectivity index is 1.74. The number of nitrogens with one attached hydrogen (secondary N) is 1. The van der Waals surface area contributed by atoms with Crippen molar-refractivity contribution in [3.8, 4) is 0 Å². The van der Waals surface area contributed by atoms with Gasteiger partial charge in [0.25, 0.3) is 0 Å². The first-order valence-corrected chi connectivity index (χ1v) is 8.83. The third-order valence-electron chi connectivity index (χ3n) is 5.45. The van der Waals surface area contributed by atoms with E-state index in [4.69, 9.17) is 0 Å². The molecule has 1 unspecified atom stereocenters. The van der Waals surface area contributed by atoms with Crippen molar-refractivity contribution >= 4 is 5.69 Å². The van der Waals surface area contributed by atoms with Crippen LogP contribution in [0.15, 0.2) is 18.2 Å². The summed E-state index contributed by atoms with van der Waals surface area (Å²) in [6, 6.07) is 7.58. The largest absolute Gasteiger partial charge is 0.371 e. The number of hydrogen-bond donors (Lipinski definition) is 1. The predicted octanol–water partition coefficient (Wildman–Crippen LogP) is 4.30. The second kappa shape index (κ2) is 6.83. The standard InChI is InChI=1S/C19H30N2/c1-15(20-2)17-10-11-19-18(13-17)9-6-12-21(19)14-16-7-4-3-5-8-16/h10-11,13,15-16,20H,3-9,12,14H2,1-2H3. The minimum atomic E-state index is 0.448. The van der Waals surface area contributed by atoms with E-state index in [-0.39, 0.29) is 0 Å². The monoisotopic (exact) mass is 286 g/mol. The van der Waals surface area contributed by atoms with Crippen molar-refractivity contribution < 1.29 is 0 Å². The minimum absolute atomic E-state index is 0.448. The van der Waals surface area contributed by atoms with Crippen LogP contribution in [0.4, 0.5) is 5.69 Å². The Labute approximate surface area is 129 Å². The highest BCUT2D eigenvalue weighted by atomic mass is 15.1. The van der Waals surface area contributed by atoms with Crippen molar-refractivity contribution in [2.75, 3.05) is 25.0 Å². The average molecular weight is 286 g/mol. The lowest BCUT2D eigenvalue weighted by atomic mass is 9.88. The quantitative estimate of drug-likeness (QED) is 0.887. The van der Waals surface area contributed by atoms with Gasteiger partial charge in [-0.1, -0.05) is 31.4 Å². The van der Waals surface area contributed by atoms with Crippen molar-refractivity contribution in [3.05, 3.63) is 29.3 Å². The summed E-state index contributed by atoms with van der Waals surface area (Å²) < 4.78 is 0. The van der Waals surface area contributed by atoms with Gasteiger partial charge in [0.05, 0.1) is 0 Å². The summed E-state index contributed by atoms with van der Waals surface area (Å²) in [7, 11) is 2.04. The molecule has 1 aromatic rings. The van der Waals surface area contributed by atoms with Crippen molar-refractivity contribution in [2.24, 2.45) is 5.92 Å². The van der Waals surface area contributed by atoms with Gasteiger partial charge in [-0.15, -0.1) is 0 Å². The van der Waals surface area contributed by atoms with E-state index < -0.39 is 0 Å². The normalized spacial score (nSPS) is 21.1. The summed E-state index contributed by atoms with van der Waals surface area (Å²) >= 11 is 0. The molecule has 0 radical (unpaired) electrons. The molecule has 0 spiro atoms. The Morgan fingerprint density at radius 1 is 1.19 bits per heavy atom. The van der Waals surface area contributed by atoms with Gasteiger partial charge < -0.3 is 10.2 Å². The van der Waals surface area contributed by atoms with Crippen LogP contribution in [0.1, 0.15) is 62.6 Å². The molecule has 0 aromatic heterocycles. The lowest BCUT2D eigenvalue weighted by Crippen LogP contribution is -2.34. The van der Waals surface area contributed by atoms with Crippen LogP contribution >= 0.6 is 0 Å². The molecule has 1 aliphatic heterocycles. The van der Waals surface area contributed by atoms with Gasteiger partial charge in [-0.3, -0.25) is 0 Å². The van der Waals surface area contributed by atoms with E-state index in [0.717, 1.165) is 5.92 Å². The maximum Gasteiger partial charge on any atom is 0.0399 e. The van der Waals surface area contributed by atoms with Crippen LogP contribution in [-0.2, 0) is 6.42 Å². The first kappa shape index (κ1) is 14.9. The number of nitrogens with zero attached hydrogens (tertiary/aromatic N) is 1. The van der Waals surface area contributed by atoms with E-state index in [0.29, 0.717) is 6.04 Å². The highest BCUT2D eigenvalue weighted by Gasteiger charge is 2.22. The van der Waals surface area contributed by atoms with E-state index in [2.05, 4.69) is 35.3 Å². The lowest BCUT2D eigenvalue weighted by Gasteiger charge is -2.36. The zero-order valence-corrected chi connectivity index (χ0v) is 13.7. The van der Waals surface area contributed by atoms with Gasteiger partial charge in [0, 0.05) is 24.8 Å². The molecule has 2 heteroatoms. The van der Waals surface area contributed by atoms with Crippen LogP contribution in [0.25, 0.3) is 0 Å². The second-order valence-corrected chi connectivity index (χ2v) is 6.95. The Morgan fingerprint density at radius 2 is 2.00 bits per heavy atom. The topological polar surface area (TPSA) is 15.3 Å². The Kier molecular flexibility index (Phi) is 4.84. The molecule has 1 fully saturated rings. The van der Waals surface area contributed by atoms with Crippen LogP contribution in [0, 0.1) is 5.92 Å². The van der Waals surface area contributed by atoms with Gasteiger partial charge in [-0.05, 0) is 62.8 Å². The van der Waals surface area contributed by atoms with Crippen molar-refractivity contribution in [1.82, 2.24) is 5.32 Å². The van der Waals surface area contributed by atoms with E-state index in [1.807, 2.05) is 7.05 Å². The van der Waals surface area contributed by atoms with Gasteiger partial charge in [-0.25, -0.2) is 0 Å². The smallest absolute Gasteiger partial charge is 0.0399 e. The van der Waals surface area contributed by atoms with E-state index in [9.17, 15) is 0 Å². The fourth-order valence-corrected chi connectivity index (χ4v) is 4.00. The predicted molar refractivity (Wildman–Crippen MR) is 91.0 cm³/mol. The molecule has 3 rings (SSSR count). The van der Waals surface area contributed by atoms with Crippen LogP contribution in [0.3, 0.4) is 0 Å². The molecule has 1 heterocycles. The molecule has 1 N–H and O–H groups in total. The molecular weight excluding hydrogens is 256 g/mol. The maximum atomic E-state index is 3.35. The molecule has 1 saturated carbocycles. The fraction of sp³-hybridized carbons (Fsp3) is 0.684. The molecule has 116 valence electrons. The molecule has 21 heavy (non-hydrogen) atoms. The average Bonchev–Trinajstić information content (AvgIpc) is 2.55. The highest BCUT2D eigenvalue weighted by Crippen LogP contribution is 2.32. The SMILES string of the molecule is CNC(C)c1ccc2c(c1)CCCN2CC1CCCCC1. The third-order valence-corrected chi connectivity index (χ3v) is 5.45. The lowest BCUT2D eigenvalue weighted by molar-refractivity contribution is 0.356. The van der Waals surface area contributed by atoms with Crippen LogP contribution in [0.2, 0.25) is 0 Å². The van der Waals surface area contributed by atoms with Gasteiger partial charge >= 0.3 is 0 Å². The molecule has 0 saturated heterocycles. The minimum Gasteiger partial charge on any atom is -0.371 e. The highest BCUT2D eigenvalue weighted by molar-refractivity contribution is 5.57. The van der Waals surface area contributed by atoms with Crippen LogP contribution < -0.4 is 10.2 Å². The van der Waals surface area contributed by atoms with E-state index in [1.165, 1.54) is 69.3 Å². The van der Waals surface area contributed by atoms with E-state index in [1.54, 1.807) is 5.56 Å². The number of rotatable bonds is 4. The van der Waals surface area contributed by atoms with Gasteiger partial charge in [0.1, 0.15) is 0 Å². The van der Waals surface area contributed by atoms with Crippen molar-refractivity contribution in [2.45, 2.75) is 57.9 Å². The second-order valence-electron chi connectivity index (χ2n) is 6.95. The Morgan fingerprint density at radius 3 is 2.76 bits per heavy atom.